The molecule has 3 N–H and O–H groups in total. The zero-order valence-electron chi connectivity index (χ0n) is 10.4. The fraction of sp³-hybridized carbons (Fsp3) is 0.417. The van der Waals surface area contributed by atoms with E-state index in [0.717, 1.165) is 5.75 Å². The van der Waals surface area contributed by atoms with Gasteiger partial charge < -0.3 is 25.3 Å². The molecule has 7 heteroatoms. The van der Waals surface area contributed by atoms with E-state index in [2.05, 4.69) is 5.32 Å². The molecule has 0 aliphatic carbocycles. The highest BCUT2D eigenvalue weighted by Crippen LogP contribution is 2.34. The summed E-state index contributed by atoms with van der Waals surface area (Å²) >= 11 is 0. The zero-order valence-corrected chi connectivity index (χ0v) is 11.2. The molecule has 0 unspecified atom stereocenters. The Morgan fingerprint density at radius 2 is 2.16 bits per heavy atom. The molecule has 1 aromatic carbocycles. The van der Waals surface area contributed by atoms with E-state index in [4.69, 9.17) is 19.9 Å². The Morgan fingerprint density at radius 1 is 1.37 bits per heavy atom. The van der Waals surface area contributed by atoms with Crippen LogP contribution in [0.15, 0.2) is 18.2 Å². The summed E-state index contributed by atoms with van der Waals surface area (Å²) in [5.74, 6) is 2.03. The maximum atomic E-state index is 11.1. The maximum absolute atomic E-state index is 11.1. The van der Waals surface area contributed by atoms with Crippen LogP contribution in [0, 0.1) is 0 Å². The van der Waals surface area contributed by atoms with Gasteiger partial charge in [-0.1, -0.05) is 0 Å². The minimum Gasteiger partial charge on any atom is -0.492 e. The Morgan fingerprint density at radius 3 is 2.95 bits per heavy atom. The first-order valence-corrected chi connectivity index (χ1v) is 5.79. The lowest BCUT2D eigenvalue weighted by Gasteiger charge is -2.08. The molecule has 1 amide bonds. The predicted molar refractivity (Wildman–Crippen MR) is 72.0 cm³/mol. The highest BCUT2D eigenvalue weighted by molar-refractivity contribution is 5.85. The number of rotatable bonds is 6. The van der Waals surface area contributed by atoms with Crippen LogP contribution in [-0.4, -0.2) is 32.4 Å². The van der Waals surface area contributed by atoms with Crippen LogP contribution in [0.1, 0.15) is 6.42 Å². The monoisotopic (exact) mass is 288 g/mol. The third kappa shape index (κ3) is 4.50. The van der Waals surface area contributed by atoms with Crippen molar-refractivity contribution < 1.29 is 19.0 Å². The Balaban J connectivity index is 0.00000180. The SMILES string of the molecule is Cl.NCCC(=O)NCCOc1ccc2c(c1)OCO2. The van der Waals surface area contributed by atoms with Gasteiger partial charge >= 0.3 is 0 Å². The van der Waals surface area contributed by atoms with Crippen LogP contribution < -0.4 is 25.3 Å². The minimum absolute atomic E-state index is 0. The molecule has 1 aliphatic rings. The van der Waals surface area contributed by atoms with Gasteiger partial charge in [0.1, 0.15) is 12.4 Å². The van der Waals surface area contributed by atoms with E-state index in [9.17, 15) is 4.79 Å². The third-order valence-corrected chi connectivity index (χ3v) is 2.41. The van der Waals surface area contributed by atoms with Gasteiger partial charge in [-0.25, -0.2) is 0 Å². The lowest BCUT2D eigenvalue weighted by atomic mass is 10.3. The van der Waals surface area contributed by atoms with E-state index < -0.39 is 0 Å². The second-order valence-electron chi connectivity index (χ2n) is 3.75. The van der Waals surface area contributed by atoms with E-state index in [0.29, 0.717) is 37.6 Å². The van der Waals surface area contributed by atoms with Crippen molar-refractivity contribution >= 4 is 18.3 Å². The highest BCUT2D eigenvalue weighted by Gasteiger charge is 2.13. The molecule has 106 valence electrons. The van der Waals surface area contributed by atoms with Gasteiger partial charge in [-0.2, -0.15) is 0 Å². The van der Waals surface area contributed by atoms with Gasteiger partial charge in [0.05, 0.1) is 6.54 Å². The summed E-state index contributed by atoms with van der Waals surface area (Å²) in [7, 11) is 0. The standard InChI is InChI=1S/C12H16N2O4.ClH/c13-4-3-12(15)14-5-6-16-9-1-2-10-11(7-9)18-8-17-10;/h1-2,7H,3-6,8,13H2,(H,14,15);1H. The van der Waals surface area contributed by atoms with Gasteiger partial charge in [0.25, 0.3) is 0 Å². The van der Waals surface area contributed by atoms with Crippen molar-refractivity contribution in [3.63, 3.8) is 0 Å². The molecular formula is C12H17ClN2O4. The summed E-state index contributed by atoms with van der Waals surface area (Å²) < 4.78 is 15.9. The highest BCUT2D eigenvalue weighted by atomic mass is 35.5. The Bertz CT molecular complexity index is 428. The number of carbonyl (C=O) groups is 1. The summed E-state index contributed by atoms with van der Waals surface area (Å²) in [6.45, 7) is 1.45. The molecule has 1 heterocycles. The van der Waals surface area contributed by atoms with Crippen molar-refractivity contribution in [3.8, 4) is 17.2 Å². The van der Waals surface area contributed by atoms with E-state index in [1.165, 1.54) is 0 Å². The average molecular weight is 289 g/mol. The minimum atomic E-state index is -0.0632. The number of halogens is 1. The van der Waals surface area contributed by atoms with Crippen LogP contribution in [0.3, 0.4) is 0 Å². The molecule has 0 saturated carbocycles. The van der Waals surface area contributed by atoms with Crippen LogP contribution in [0.25, 0.3) is 0 Å². The fourth-order valence-corrected chi connectivity index (χ4v) is 1.55. The van der Waals surface area contributed by atoms with Crippen molar-refractivity contribution in [2.75, 3.05) is 26.5 Å². The Kier molecular flexibility index (Phi) is 6.24. The molecular weight excluding hydrogens is 272 g/mol. The molecule has 6 nitrogen and oxygen atoms in total. The number of hydrogen-bond donors (Lipinski definition) is 2. The maximum Gasteiger partial charge on any atom is 0.231 e. The Hall–Kier alpha value is -1.66. The van der Waals surface area contributed by atoms with E-state index in [1.807, 2.05) is 0 Å². The second kappa shape index (κ2) is 7.70. The van der Waals surface area contributed by atoms with Gasteiger partial charge in [0.2, 0.25) is 12.7 Å². The van der Waals surface area contributed by atoms with Crippen LogP contribution in [0.5, 0.6) is 17.2 Å². The van der Waals surface area contributed by atoms with Crippen molar-refractivity contribution in [2.45, 2.75) is 6.42 Å². The van der Waals surface area contributed by atoms with Crippen molar-refractivity contribution in [2.24, 2.45) is 5.73 Å². The topological polar surface area (TPSA) is 82.8 Å². The molecule has 0 spiro atoms. The number of ether oxygens (including phenoxy) is 3. The quantitative estimate of drug-likeness (QED) is 0.752. The summed E-state index contributed by atoms with van der Waals surface area (Å²) in [4.78, 5) is 11.1. The Labute approximate surface area is 117 Å². The number of benzene rings is 1. The summed E-state index contributed by atoms with van der Waals surface area (Å²) in [5.41, 5.74) is 5.26. The van der Waals surface area contributed by atoms with Crippen LogP contribution in [0.4, 0.5) is 0 Å². The molecule has 0 atom stereocenters. The normalized spacial score (nSPS) is 11.6. The van der Waals surface area contributed by atoms with E-state index in [-0.39, 0.29) is 25.1 Å². The molecule has 0 fully saturated rings. The number of hydrogen-bond acceptors (Lipinski definition) is 5. The molecule has 1 aliphatic heterocycles. The lowest BCUT2D eigenvalue weighted by Crippen LogP contribution is -2.29. The molecule has 2 rings (SSSR count). The van der Waals surface area contributed by atoms with E-state index in [1.54, 1.807) is 18.2 Å². The zero-order chi connectivity index (χ0) is 12.8. The molecule has 0 saturated heterocycles. The molecule has 0 aromatic heterocycles. The summed E-state index contributed by atoms with van der Waals surface area (Å²) in [6, 6.07) is 5.37. The average Bonchev–Trinajstić information content (AvgIpc) is 2.82. The number of carbonyl (C=O) groups excluding carboxylic acids is 1. The number of fused-ring (bicyclic) bond motifs is 1. The lowest BCUT2D eigenvalue weighted by molar-refractivity contribution is -0.120. The van der Waals surface area contributed by atoms with Gasteiger partial charge in [-0.05, 0) is 12.1 Å². The van der Waals surface area contributed by atoms with Gasteiger partial charge in [-0.15, -0.1) is 12.4 Å². The first-order valence-electron chi connectivity index (χ1n) is 5.79. The number of amides is 1. The number of nitrogens with two attached hydrogens (primary N) is 1. The van der Waals surface area contributed by atoms with E-state index >= 15 is 0 Å². The number of nitrogens with one attached hydrogen (secondary N) is 1. The fourth-order valence-electron chi connectivity index (χ4n) is 1.55. The smallest absolute Gasteiger partial charge is 0.231 e. The van der Waals surface area contributed by atoms with Gasteiger partial charge in [0, 0.05) is 19.0 Å². The molecule has 1 aromatic rings. The van der Waals surface area contributed by atoms with Gasteiger partial charge in [0.15, 0.2) is 11.5 Å². The van der Waals surface area contributed by atoms with Gasteiger partial charge in [-0.3, -0.25) is 4.79 Å². The second-order valence-corrected chi connectivity index (χ2v) is 3.75. The van der Waals surface area contributed by atoms with Crippen molar-refractivity contribution in [1.29, 1.82) is 0 Å². The van der Waals surface area contributed by atoms with Crippen molar-refractivity contribution in [1.82, 2.24) is 5.32 Å². The molecule has 0 radical (unpaired) electrons. The van der Waals surface area contributed by atoms with Crippen LogP contribution in [-0.2, 0) is 4.79 Å². The predicted octanol–water partition coefficient (Wildman–Crippen LogP) is 0.681. The largest absolute Gasteiger partial charge is 0.492 e. The summed E-state index contributed by atoms with van der Waals surface area (Å²) in [5, 5.41) is 2.71. The third-order valence-electron chi connectivity index (χ3n) is 2.41. The van der Waals surface area contributed by atoms with Crippen molar-refractivity contribution in [3.05, 3.63) is 18.2 Å². The molecule has 19 heavy (non-hydrogen) atoms. The summed E-state index contributed by atoms with van der Waals surface area (Å²) in [6.07, 6.45) is 0.337. The first kappa shape index (κ1) is 15.4. The van der Waals surface area contributed by atoms with Crippen LogP contribution in [0.2, 0.25) is 0 Å². The first-order chi connectivity index (χ1) is 8.79. The molecule has 0 bridgehead atoms. The van der Waals surface area contributed by atoms with Crippen LogP contribution >= 0.6 is 12.4 Å².